The Morgan fingerprint density at radius 2 is 2.20 bits per heavy atom. The van der Waals surface area contributed by atoms with E-state index in [1.165, 1.54) is 12.1 Å². The van der Waals surface area contributed by atoms with Gasteiger partial charge in [-0.15, -0.1) is 0 Å². The number of benzene rings is 1. The molecular formula is C16H25ClN2O. The first-order valence-corrected chi connectivity index (χ1v) is 7.73. The van der Waals surface area contributed by atoms with Gasteiger partial charge in [0.15, 0.2) is 0 Å². The summed E-state index contributed by atoms with van der Waals surface area (Å²) < 4.78 is 5.20. The molecule has 1 aromatic carbocycles. The second-order valence-corrected chi connectivity index (χ2v) is 6.47. The predicted molar refractivity (Wildman–Crippen MR) is 85.8 cm³/mol. The number of hydrogen-bond acceptors (Lipinski definition) is 3. The highest BCUT2D eigenvalue weighted by atomic mass is 35.5. The third-order valence-corrected chi connectivity index (χ3v) is 4.54. The molecule has 2 rings (SSSR count). The van der Waals surface area contributed by atoms with Crippen molar-refractivity contribution >= 4 is 17.3 Å². The Hall–Kier alpha value is -0.930. The number of halogens is 1. The van der Waals surface area contributed by atoms with E-state index in [2.05, 4.69) is 24.8 Å². The third-order valence-electron chi connectivity index (χ3n) is 4.25. The topological polar surface area (TPSA) is 38.5 Å². The molecule has 0 amide bonds. The van der Waals surface area contributed by atoms with Crippen LogP contribution < -0.4 is 15.4 Å². The van der Waals surface area contributed by atoms with Gasteiger partial charge in [0.05, 0.1) is 12.1 Å². The van der Waals surface area contributed by atoms with E-state index in [1.807, 2.05) is 12.1 Å². The molecule has 1 aliphatic rings. The first kappa shape index (κ1) is 15.5. The van der Waals surface area contributed by atoms with Crippen molar-refractivity contribution in [3.63, 3.8) is 0 Å². The van der Waals surface area contributed by atoms with Gasteiger partial charge in [0.25, 0.3) is 0 Å². The number of methoxy groups -OCH3 is 1. The summed E-state index contributed by atoms with van der Waals surface area (Å²) in [5, 5.41) is 0.673. The maximum Gasteiger partial charge on any atom is 0.137 e. The molecule has 0 bridgehead atoms. The standard InChI is InChI=1S/C16H25ClN2O/c1-11(2)15(18)8-12-6-7-19(10-12)13-4-5-16(20-3)14(17)9-13/h4-5,9,11-12,15H,6-8,10,18H2,1-3H3. The fourth-order valence-corrected chi connectivity index (χ4v) is 3.02. The van der Waals surface area contributed by atoms with Crippen molar-refractivity contribution < 1.29 is 4.74 Å². The molecule has 0 aromatic heterocycles. The predicted octanol–water partition coefficient (Wildman–Crippen LogP) is 3.55. The Morgan fingerprint density at radius 3 is 2.80 bits per heavy atom. The van der Waals surface area contributed by atoms with Crippen LogP contribution in [0.3, 0.4) is 0 Å². The van der Waals surface area contributed by atoms with Gasteiger partial charge in [-0.2, -0.15) is 0 Å². The fraction of sp³-hybridized carbons (Fsp3) is 0.625. The van der Waals surface area contributed by atoms with Gasteiger partial charge in [0.2, 0.25) is 0 Å². The van der Waals surface area contributed by atoms with Gasteiger partial charge >= 0.3 is 0 Å². The highest BCUT2D eigenvalue weighted by Gasteiger charge is 2.25. The molecule has 3 nitrogen and oxygen atoms in total. The van der Waals surface area contributed by atoms with Crippen LogP contribution in [0.5, 0.6) is 5.75 Å². The Balaban J connectivity index is 1.97. The molecule has 1 fully saturated rings. The van der Waals surface area contributed by atoms with Crippen molar-refractivity contribution in [3.05, 3.63) is 23.2 Å². The van der Waals surface area contributed by atoms with Crippen molar-refractivity contribution in [2.45, 2.75) is 32.7 Å². The Labute approximate surface area is 127 Å². The minimum absolute atomic E-state index is 0.305. The van der Waals surface area contributed by atoms with E-state index in [0.29, 0.717) is 22.9 Å². The summed E-state index contributed by atoms with van der Waals surface area (Å²) in [7, 11) is 1.64. The van der Waals surface area contributed by atoms with E-state index < -0.39 is 0 Å². The molecule has 2 unspecified atom stereocenters. The van der Waals surface area contributed by atoms with Crippen LogP contribution in [0.2, 0.25) is 5.02 Å². The van der Waals surface area contributed by atoms with Crippen LogP contribution in [0, 0.1) is 11.8 Å². The molecule has 0 saturated carbocycles. The van der Waals surface area contributed by atoms with E-state index in [4.69, 9.17) is 22.1 Å². The molecule has 0 radical (unpaired) electrons. The third kappa shape index (κ3) is 3.58. The molecule has 1 aromatic rings. The number of nitrogens with zero attached hydrogens (tertiary/aromatic N) is 1. The summed E-state index contributed by atoms with van der Waals surface area (Å²) in [5.74, 6) is 1.97. The van der Waals surface area contributed by atoms with Crippen molar-refractivity contribution in [1.82, 2.24) is 0 Å². The summed E-state index contributed by atoms with van der Waals surface area (Å²) in [5.41, 5.74) is 7.36. The lowest BCUT2D eigenvalue weighted by molar-refractivity contribution is 0.391. The second kappa shape index (κ2) is 6.68. The number of anilines is 1. The minimum Gasteiger partial charge on any atom is -0.495 e. The molecule has 20 heavy (non-hydrogen) atoms. The van der Waals surface area contributed by atoms with Crippen LogP contribution in [-0.4, -0.2) is 26.2 Å². The average molecular weight is 297 g/mol. The highest BCUT2D eigenvalue weighted by molar-refractivity contribution is 6.32. The van der Waals surface area contributed by atoms with Crippen LogP contribution in [0.25, 0.3) is 0 Å². The number of rotatable bonds is 5. The Morgan fingerprint density at radius 1 is 1.45 bits per heavy atom. The molecular weight excluding hydrogens is 272 g/mol. The number of ether oxygens (including phenoxy) is 1. The zero-order chi connectivity index (χ0) is 14.7. The molecule has 1 aliphatic heterocycles. The maximum atomic E-state index is 6.20. The average Bonchev–Trinajstić information content (AvgIpc) is 2.87. The van der Waals surface area contributed by atoms with Crippen molar-refractivity contribution in [1.29, 1.82) is 0 Å². The molecule has 112 valence electrons. The summed E-state index contributed by atoms with van der Waals surface area (Å²) in [6.07, 6.45) is 2.32. The summed E-state index contributed by atoms with van der Waals surface area (Å²) >= 11 is 6.20. The number of hydrogen-bond donors (Lipinski definition) is 1. The van der Waals surface area contributed by atoms with Crippen molar-refractivity contribution in [3.8, 4) is 5.75 Å². The zero-order valence-corrected chi connectivity index (χ0v) is 13.4. The van der Waals surface area contributed by atoms with Gasteiger partial charge in [-0.3, -0.25) is 0 Å². The van der Waals surface area contributed by atoms with Crippen LogP contribution in [0.4, 0.5) is 5.69 Å². The van der Waals surface area contributed by atoms with Gasteiger partial charge in [-0.1, -0.05) is 25.4 Å². The Bertz CT molecular complexity index is 450. The number of nitrogens with two attached hydrogens (primary N) is 1. The lowest BCUT2D eigenvalue weighted by Crippen LogP contribution is -2.30. The fourth-order valence-electron chi connectivity index (χ4n) is 2.77. The Kier molecular flexibility index (Phi) is 5.17. The van der Waals surface area contributed by atoms with Gasteiger partial charge in [-0.25, -0.2) is 0 Å². The first-order valence-electron chi connectivity index (χ1n) is 7.35. The van der Waals surface area contributed by atoms with E-state index in [0.717, 1.165) is 25.3 Å². The smallest absolute Gasteiger partial charge is 0.137 e. The zero-order valence-electron chi connectivity index (χ0n) is 12.6. The summed E-state index contributed by atoms with van der Waals surface area (Å²) in [4.78, 5) is 2.39. The lowest BCUT2D eigenvalue weighted by Gasteiger charge is -2.22. The van der Waals surface area contributed by atoms with E-state index in [-0.39, 0.29) is 0 Å². The quantitative estimate of drug-likeness (QED) is 0.903. The van der Waals surface area contributed by atoms with Crippen LogP contribution in [0.1, 0.15) is 26.7 Å². The summed E-state index contributed by atoms with van der Waals surface area (Å²) in [6, 6.07) is 6.31. The SMILES string of the molecule is COc1ccc(N2CCC(CC(N)C(C)C)C2)cc1Cl. The van der Waals surface area contributed by atoms with Crippen molar-refractivity contribution in [2.24, 2.45) is 17.6 Å². The van der Waals surface area contributed by atoms with E-state index in [9.17, 15) is 0 Å². The highest BCUT2D eigenvalue weighted by Crippen LogP contribution is 2.32. The monoisotopic (exact) mass is 296 g/mol. The summed E-state index contributed by atoms with van der Waals surface area (Å²) in [6.45, 7) is 6.54. The van der Waals surface area contributed by atoms with E-state index in [1.54, 1.807) is 7.11 Å². The van der Waals surface area contributed by atoms with Gasteiger partial charge in [-0.05, 0) is 42.9 Å². The molecule has 4 heteroatoms. The largest absolute Gasteiger partial charge is 0.495 e. The van der Waals surface area contributed by atoms with Crippen LogP contribution >= 0.6 is 11.6 Å². The molecule has 1 saturated heterocycles. The van der Waals surface area contributed by atoms with Crippen molar-refractivity contribution in [2.75, 3.05) is 25.1 Å². The van der Waals surface area contributed by atoms with Gasteiger partial charge < -0.3 is 15.4 Å². The second-order valence-electron chi connectivity index (χ2n) is 6.06. The lowest BCUT2D eigenvalue weighted by atomic mass is 9.93. The maximum absolute atomic E-state index is 6.20. The normalized spacial score (nSPS) is 20.5. The van der Waals surface area contributed by atoms with Crippen LogP contribution in [0.15, 0.2) is 18.2 Å². The molecule has 2 N–H and O–H groups in total. The van der Waals surface area contributed by atoms with E-state index >= 15 is 0 Å². The first-order chi connectivity index (χ1) is 9.51. The molecule has 1 heterocycles. The molecule has 0 spiro atoms. The molecule has 0 aliphatic carbocycles. The molecule has 2 atom stereocenters. The minimum atomic E-state index is 0.305. The van der Waals surface area contributed by atoms with Crippen LogP contribution in [-0.2, 0) is 0 Å². The van der Waals surface area contributed by atoms with Gasteiger partial charge in [0, 0.05) is 24.8 Å². The van der Waals surface area contributed by atoms with Gasteiger partial charge in [0.1, 0.15) is 5.75 Å².